The average Bonchev–Trinajstić information content (AvgIpc) is 2.50. The van der Waals surface area contributed by atoms with Crippen molar-refractivity contribution in [1.82, 2.24) is 5.32 Å². The molecule has 0 aromatic heterocycles. The zero-order chi connectivity index (χ0) is 15.4. The minimum atomic E-state index is -0.476. The molecule has 0 aliphatic rings. The second kappa shape index (κ2) is 6.50. The lowest BCUT2D eigenvalue weighted by molar-refractivity contribution is 0.102. The summed E-state index contributed by atoms with van der Waals surface area (Å²) in [5.74, 6) is -0.916. The standard InChI is InChI=1S/C17H19FN2O/c1-11-5-4-6-15(16(11)18)17(21)20-14-9-7-13(8-10-14)12(2)19-3/h4-10,12,19H,1-3H3,(H,20,21). The maximum Gasteiger partial charge on any atom is 0.258 e. The molecule has 0 heterocycles. The van der Waals surface area contributed by atoms with E-state index in [1.807, 2.05) is 31.3 Å². The van der Waals surface area contributed by atoms with Crippen molar-refractivity contribution >= 4 is 11.6 Å². The van der Waals surface area contributed by atoms with Crippen LogP contribution in [0.1, 0.15) is 34.5 Å². The molecule has 0 saturated carbocycles. The van der Waals surface area contributed by atoms with Crippen LogP contribution < -0.4 is 10.6 Å². The minimum Gasteiger partial charge on any atom is -0.322 e. The average molecular weight is 286 g/mol. The zero-order valence-electron chi connectivity index (χ0n) is 12.4. The second-order valence-corrected chi connectivity index (χ2v) is 5.02. The molecule has 2 aromatic rings. The van der Waals surface area contributed by atoms with Crippen LogP contribution in [-0.2, 0) is 0 Å². The van der Waals surface area contributed by atoms with E-state index in [0.717, 1.165) is 5.56 Å². The van der Waals surface area contributed by atoms with Crippen LogP contribution in [0.2, 0.25) is 0 Å². The fourth-order valence-electron chi connectivity index (χ4n) is 2.04. The molecule has 110 valence electrons. The normalized spacial score (nSPS) is 12.0. The molecule has 0 aliphatic carbocycles. The SMILES string of the molecule is CNC(C)c1ccc(NC(=O)c2cccc(C)c2F)cc1. The molecular formula is C17H19FN2O. The predicted octanol–water partition coefficient (Wildman–Crippen LogP) is 3.67. The number of amides is 1. The first-order valence-electron chi connectivity index (χ1n) is 6.86. The number of aryl methyl sites for hydroxylation is 1. The Labute approximate surface area is 124 Å². The van der Waals surface area contributed by atoms with Gasteiger partial charge in [0.2, 0.25) is 0 Å². The van der Waals surface area contributed by atoms with E-state index < -0.39 is 11.7 Å². The molecule has 3 nitrogen and oxygen atoms in total. The largest absolute Gasteiger partial charge is 0.322 e. The summed E-state index contributed by atoms with van der Waals surface area (Å²) in [6.45, 7) is 3.69. The molecule has 0 saturated heterocycles. The third kappa shape index (κ3) is 3.47. The zero-order valence-corrected chi connectivity index (χ0v) is 12.4. The van der Waals surface area contributed by atoms with E-state index in [0.29, 0.717) is 11.3 Å². The highest BCUT2D eigenvalue weighted by Gasteiger charge is 2.13. The smallest absolute Gasteiger partial charge is 0.258 e. The Kier molecular flexibility index (Phi) is 4.70. The monoisotopic (exact) mass is 286 g/mol. The van der Waals surface area contributed by atoms with Crippen molar-refractivity contribution in [3.8, 4) is 0 Å². The van der Waals surface area contributed by atoms with Crippen molar-refractivity contribution in [1.29, 1.82) is 0 Å². The number of carbonyl (C=O) groups is 1. The topological polar surface area (TPSA) is 41.1 Å². The number of carbonyl (C=O) groups excluding carboxylic acids is 1. The van der Waals surface area contributed by atoms with Gasteiger partial charge in [0.25, 0.3) is 5.91 Å². The molecule has 0 bridgehead atoms. The summed E-state index contributed by atoms with van der Waals surface area (Å²) >= 11 is 0. The van der Waals surface area contributed by atoms with Gasteiger partial charge in [0.05, 0.1) is 5.56 Å². The number of nitrogens with one attached hydrogen (secondary N) is 2. The number of hydrogen-bond acceptors (Lipinski definition) is 2. The Morgan fingerprint density at radius 1 is 1.14 bits per heavy atom. The predicted molar refractivity (Wildman–Crippen MR) is 83.0 cm³/mol. The fourth-order valence-corrected chi connectivity index (χ4v) is 2.04. The van der Waals surface area contributed by atoms with Gasteiger partial charge in [-0.25, -0.2) is 4.39 Å². The van der Waals surface area contributed by atoms with Crippen LogP contribution in [0.5, 0.6) is 0 Å². The lowest BCUT2D eigenvalue weighted by Gasteiger charge is -2.12. The summed E-state index contributed by atoms with van der Waals surface area (Å²) in [7, 11) is 1.89. The molecule has 2 rings (SSSR count). The van der Waals surface area contributed by atoms with Gasteiger partial charge in [-0.1, -0.05) is 24.3 Å². The molecule has 1 unspecified atom stereocenters. The van der Waals surface area contributed by atoms with E-state index in [2.05, 4.69) is 17.6 Å². The van der Waals surface area contributed by atoms with E-state index in [9.17, 15) is 9.18 Å². The molecule has 0 aliphatic heterocycles. The maximum atomic E-state index is 13.9. The van der Waals surface area contributed by atoms with Gasteiger partial charge in [-0.05, 0) is 50.2 Å². The summed E-state index contributed by atoms with van der Waals surface area (Å²) in [4.78, 5) is 12.1. The first kappa shape index (κ1) is 15.2. The molecule has 2 aromatic carbocycles. The number of anilines is 1. The van der Waals surface area contributed by atoms with Crippen molar-refractivity contribution in [2.75, 3.05) is 12.4 Å². The van der Waals surface area contributed by atoms with Gasteiger partial charge < -0.3 is 10.6 Å². The van der Waals surface area contributed by atoms with Crippen LogP contribution in [0.15, 0.2) is 42.5 Å². The maximum absolute atomic E-state index is 13.9. The second-order valence-electron chi connectivity index (χ2n) is 5.02. The molecule has 0 fully saturated rings. The van der Waals surface area contributed by atoms with Gasteiger partial charge in [0.1, 0.15) is 5.82 Å². The van der Waals surface area contributed by atoms with Crippen molar-refractivity contribution in [3.63, 3.8) is 0 Å². The Morgan fingerprint density at radius 2 is 1.81 bits per heavy atom. The van der Waals surface area contributed by atoms with E-state index >= 15 is 0 Å². The van der Waals surface area contributed by atoms with E-state index in [4.69, 9.17) is 0 Å². The lowest BCUT2D eigenvalue weighted by atomic mass is 10.1. The molecule has 0 radical (unpaired) electrons. The molecule has 0 spiro atoms. The van der Waals surface area contributed by atoms with Crippen LogP contribution in [0.25, 0.3) is 0 Å². The van der Waals surface area contributed by atoms with Crippen molar-refractivity contribution in [3.05, 3.63) is 65.0 Å². The van der Waals surface area contributed by atoms with Crippen LogP contribution in [0.3, 0.4) is 0 Å². The van der Waals surface area contributed by atoms with Crippen LogP contribution in [0.4, 0.5) is 10.1 Å². The minimum absolute atomic E-state index is 0.0580. The Balaban J connectivity index is 2.14. The number of hydrogen-bond donors (Lipinski definition) is 2. The third-order valence-corrected chi connectivity index (χ3v) is 3.54. The summed E-state index contributed by atoms with van der Waals surface area (Å²) in [6, 6.07) is 12.5. The van der Waals surface area contributed by atoms with Gasteiger partial charge >= 0.3 is 0 Å². The van der Waals surface area contributed by atoms with Gasteiger partial charge in [-0.2, -0.15) is 0 Å². The van der Waals surface area contributed by atoms with Crippen molar-refractivity contribution in [2.45, 2.75) is 19.9 Å². The Morgan fingerprint density at radius 3 is 2.43 bits per heavy atom. The molecule has 21 heavy (non-hydrogen) atoms. The number of benzene rings is 2. The Hall–Kier alpha value is -2.20. The van der Waals surface area contributed by atoms with E-state index in [-0.39, 0.29) is 11.6 Å². The number of halogens is 1. The quantitative estimate of drug-likeness (QED) is 0.900. The highest BCUT2D eigenvalue weighted by atomic mass is 19.1. The summed E-state index contributed by atoms with van der Waals surface area (Å²) in [6.07, 6.45) is 0. The Bertz CT molecular complexity index is 638. The van der Waals surface area contributed by atoms with Gasteiger partial charge in [-0.15, -0.1) is 0 Å². The highest BCUT2D eigenvalue weighted by Crippen LogP contribution is 2.18. The molecule has 4 heteroatoms. The molecular weight excluding hydrogens is 267 g/mol. The summed E-state index contributed by atoms with van der Waals surface area (Å²) in [5, 5.41) is 5.86. The molecule has 1 atom stereocenters. The van der Waals surface area contributed by atoms with E-state index in [1.165, 1.54) is 6.07 Å². The van der Waals surface area contributed by atoms with Crippen molar-refractivity contribution in [2.24, 2.45) is 0 Å². The highest BCUT2D eigenvalue weighted by molar-refractivity contribution is 6.04. The van der Waals surface area contributed by atoms with E-state index in [1.54, 1.807) is 19.1 Å². The van der Waals surface area contributed by atoms with Crippen LogP contribution >= 0.6 is 0 Å². The lowest BCUT2D eigenvalue weighted by Crippen LogP contribution is -2.15. The third-order valence-electron chi connectivity index (χ3n) is 3.54. The molecule has 1 amide bonds. The summed E-state index contributed by atoms with van der Waals surface area (Å²) in [5.41, 5.74) is 2.29. The van der Waals surface area contributed by atoms with Gasteiger partial charge in [0, 0.05) is 11.7 Å². The first-order chi connectivity index (χ1) is 10.0. The fraction of sp³-hybridized carbons (Fsp3) is 0.235. The van der Waals surface area contributed by atoms with Gasteiger partial charge in [-0.3, -0.25) is 4.79 Å². The van der Waals surface area contributed by atoms with Crippen molar-refractivity contribution < 1.29 is 9.18 Å². The van der Waals surface area contributed by atoms with Crippen LogP contribution in [-0.4, -0.2) is 13.0 Å². The number of rotatable bonds is 4. The summed E-state index contributed by atoms with van der Waals surface area (Å²) < 4.78 is 13.9. The van der Waals surface area contributed by atoms with Crippen LogP contribution in [0, 0.1) is 12.7 Å². The van der Waals surface area contributed by atoms with Gasteiger partial charge in [0.15, 0.2) is 0 Å². The molecule has 2 N–H and O–H groups in total. The first-order valence-corrected chi connectivity index (χ1v) is 6.86.